The van der Waals surface area contributed by atoms with Crippen LogP contribution in [0.25, 0.3) is 22.0 Å². The molecule has 3 aromatic heterocycles. The number of thiazole rings is 1. The van der Waals surface area contributed by atoms with E-state index >= 15 is 0 Å². The summed E-state index contributed by atoms with van der Waals surface area (Å²) in [5.74, 6) is 7.05. The molecule has 122 valence electrons. The molecule has 0 amide bonds. The molecule has 3 aromatic rings. The van der Waals surface area contributed by atoms with Crippen LogP contribution in [0.15, 0.2) is 11.6 Å². The predicted octanol–water partition coefficient (Wildman–Crippen LogP) is 1.73. The van der Waals surface area contributed by atoms with Gasteiger partial charge in [-0.15, -0.1) is 11.3 Å². The van der Waals surface area contributed by atoms with Gasteiger partial charge in [0.25, 0.3) is 0 Å². The van der Waals surface area contributed by atoms with Gasteiger partial charge in [-0.25, -0.2) is 19.9 Å². The van der Waals surface area contributed by atoms with E-state index in [1.54, 1.807) is 6.20 Å². The number of nitrogens with zero attached hydrogens (tertiary/aromatic N) is 5. The molecular weight excluding hydrogens is 324 g/mol. The maximum atomic E-state index is 10.3. The SMILES string of the molecule is Cn1c(-c2nccs2)nc2c(N)nc(C#CC3(O)CCCC3)nc21. The summed E-state index contributed by atoms with van der Waals surface area (Å²) in [5.41, 5.74) is 6.25. The summed E-state index contributed by atoms with van der Waals surface area (Å²) in [7, 11) is 1.86. The highest BCUT2D eigenvalue weighted by Gasteiger charge is 2.28. The summed E-state index contributed by atoms with van der Waals surface area (Å²) in [6, 6.07) is 0. The number of imidazole rings is 1. The first-order valence-electron chi connectivity index (χ1n) is 7.71. The van der Waals surface area contributed by atoms with Crippen LogP contribution in [-0.4, -0.2) is 35.2 Å². The highest BCUT2D eigenvalue weighted by molar-refractivity contribution is 7.13. The van der Waals surface area contributed by atoms with Gasteiger partial charge < -0.3 is 15.4 Å². The van der Waals surface area contributed by atoms with E-state index in [4.69, 9.17) is 5.73 Å². The number of aryl methyl sites for hydroxylation is 1. The summed E-state index contributed by atoms with van der Waals surface area (Å²) in [6.07, 6.45) is 5.10. The van der Waals surface area contributed by atoms with Crippen molar-refractivity contribution in [3.63, 3.8) is 0 Å². The zero-order valence-electron chi connectivity index (χ0n) is 13.2. The van der Waals surface area contributed by atoms with Gasteiger partial charge >= 0.3 is 0 Å². The van der Waals surface area contributed by atoms with Crippen molar-refractivity contribution in [3.05, 3.63) is 17.4 Å². The number of fused-ring (bicyclic) bond motifs is 1. The van der Waals surface area contributed by atoms with E-state index in [2.05, 4.69) is 31.8 Å². The first-order valence-corrected chi connectivity index (χ1v) is 8.59. The minimum Gasteiger partial charge on any atom is -0.382 e. The number of rotatable bonds is 1. The van der Waals surface area contributed by atoms with Gasteiger partial charge in [-0.05, 0) is 31.6 Å². The second kappa shape index (κ2) is 5.54. The zero-order valence-corrected chi connectivity index (χ0v) is 14.0. The van der Waals surface area contributed by atoms with Gasteiger partial charge in [0.05, 0.1) is 0 Å². The average molecular weight is 340 g/mol. The van der Waals surface area contributed by atoms with Crippen LogP contribution in [0.1, 0.15) is 31.5 Å². The molecule has 1 saturated carbocycles. The van der Waals surface area contributed by atoms with Crippen molar-refractivity contribution in [1.82, 2.24) is 24.5 Å². The molecule has 0 radical (unpaired) electrons. The minimum atomic E-state index is -0.925. The van der Waals surface area contributed by atoms with E-state index in [0.29, 0.717) is 35.7 Å². The highest BCUT2D eigenvalue weighted by Crippen LogP contribution is 2.29. The molecule has 1 fully saturated rings. The molecular formula is C16H16N6OS. The van der Waals surface area contributed by atoms with Gasteiger partial charge in [-0.3, -0.25) is 0 Å². The zero-order chi connectivity index (χ0) is 16.7. The number of aliphatic hydroxyl groups is 1. The van der Waals surface area contributed by atoms with Gasteiger partial charge in [0.15, 0.2) is 27.8 Å². The lowest BCUT2D eigenvalue weighted by Crippen LogP contribution is -2.20. The lowest BCUT2D eigenvalue weighted by Gasteiger charge is -2.12. The van der Waals surface area contributed by atoms with E-state index in [-0.39, 0.29) is 5.82 Å². The fraction of sp³-hybridized carbons (Fsp3) is 0.375. The Bertz CT molecular complexity index is 960. The van der Waals surface area contributed by atoms with Crippen LogP contribution < -0.4 is 5.73 Å². The number of hydrogen-bond donors (Lipinski definition) is 2. The third-order valence-electron chi connectivity index (χ3n) is 4.21. The monoisotopic (exact) mass is 340 g/mol. The quantitative estimate of drug-likeness (QED) is 0.654. The topological polar surface area (TPSA) is 103 Å². The molecule has 0 unspecified atom stereocenters. The van der Waals surface area contributed by atoms with E-state index < -0.39 is 5.60 Å². The smallest absolute Gasteiger partial charge is 0.209 e. The Labute approximate surface area is 142 Å². The summed E-state index contributed by atoms with van der Waals surface area (Å²) in [5, 5.41) is 13.0. The van der Waals surface area contributed by atoms with Crippen LogP contribution >= 0.6 is 11.3 Å². The van der Waals surface area contributed by atoms with Crippen molar-refractivity contribution in [3.8, 4) is 22.7 Å². The standard InChI is InChI=1S/C16H16N6OS/c1-22-13-11(21-14(22)15-18-8-9-24-15)12(17)19-10(20-13)4-7-16(23)5-2-3-6-16/h8-9,23H,2-3,5-6H2,1H3,(H2,17,19,20). The largest absolute Gasteiger partial charge is 0.382 e. The number of hydrogen-bond acceptors (Lipinski definition) is 7. The molecule has 1 aliphatic carbocycles. The van der Waals surface area contributed by atoms with Gasteiger partial charge in [-0.2, -0.15) is 0 Å². The first-order chi connectivity index (χ1) is 11.6. The van der Waals surface area contributed by atoms with Crippen molar-refractivity contribution in [2.75, 3.05) is 5.73 Å². The third kappa shape index (κ3) is 2.52. The number of nitrogens with two attached hydrogens (primary N) is 1. The summed E-state index contributed by atoms with van der Waals surface area (Å²) in [4.78, 5) is 17.5. The molecule has 0 saturated heterocycles. The maximum absolute atomic E-state index is 10.3. The maximum Gasteiger partial charge on any atom is 0.209 e. The molecule has 3 heterocycles. The Kier molecular flexibility index (Phi) is 3.48. The summed E-state index contributed by atoms with van der Waals surface area (Å²) < 4.78 is 1.83. The molecule has 0 atom stereocenters. The molecule has 3 N–H and O–H groups in total. The summed E-state index contributed by atoms with van der Waals surface area (Å²) in [6.45, 7) is 0. The Morgan fingerprint density at radius 1 is 1.29 bits per heavy atom. The second-order valence-electron chi connectivity index (χ2n) is 5.93. The molecule has 24 heavy (non-hydrogen) atoms. The molecule has 4 rings (SSSR count). The van der Waals surface area contributed by atoms with Crippen LogP contribution in [0, 0.1) is 11.8 Å². The number of aromatic nitrogens is 5. The predicted molar refractivity (Wildman–Crippen MR) is 92.1 cm³/mol. The normalized spacial score (nSPS) is 16.2. The van der Waals surface area contributed by atoms with E-state index in [1.807, 2.05) is 17.0 Å². The van der Waals surface area contributed by atoms with E-state index in [1.165, 1.54) is 11.3 Å². The van der Waals surface area contributed by atoms with Crippen molar-refractivity contribution in [2.45, 2.75) is 31.3 Å². The van der Waals surface area contributed by atoms with E-state index in [0.717, 1.165) is 17.8 Å². The van der Waals surface area contributed by atoms with Gasteiger partial charge in [0.2, 0.25) is 5.82 Å². The fourth-order valence-electron chi connectivity index (χ4n) is 2.92. The lowest BCUT2D eigenvalue weighted by molar-refractivity contribution is 0.110. The summed E-state index contributed by atoms with van der Waals surface area (Å²) >= 11 is 1.50. The van der Waals surface area contributed by atoms with Crippen molar-refractivity contribution in [1.29, 1.82) is 0 Å². The minimum absolute atomic E-state index is 0.279. The Hall–Kier alpha value is -2.50. The van der Waals surface area contributed by atoms with E-state index in [9.17, 15) is 5.11 Å². The van der Waals surface area contributed by atoms with Crippen LogP contribution in [0.3, 0.4) is 0 Å². The Morgan fingerprint density at radius 2 is 2.08 bits per heavy atom. The molecule has 0 aromatic carbocycles. The second-order valence-corrected chi connectivity index (χ2v) is 6.82. The Morgan fingerprint density at radius 3 is 2.79 bits per heavy atom. The van der Waals surface area contributed by atoms with Crippen LogP contribution in [0.2, 0.25) is 0 Å². The van der Waals surface area contributed by atoms with Crippen LogP contribution in [0.4, 0.5) is 5.82 Å². The average Bonchev–Trinajstić information content (AvgIpc) is 3.28. The van der Waals surface area contributed by atoms with Crippen molar-refractivity contribution >= 4 is 28.3 Å². The van der Waals surface area contributed by atoms with Crippen molar-refractivity contribution < 1.29 is 5.11 Å². The van der Waals surface area contributed by atoms with Gasteiger partial charge in [0.1, 0.15) is 5.60 Å². The van der Waals surface area contributed by atoms with Gasteiger partial charge in [-0.1, -0.05) is 5.92 Å². The van der Waals surface area contributed by atoms with Crippen LogP contribution in [-0.2, 0) is 7.05 Å². The molecule has 8 heteroatoms. The Balaban J connectivity index is 1.80. The van der Waals surface area contributed by atoms with Crippen molar-refractivity contribution in [2.24, 2.45) is 7.05 Å². The molecule has 0 spiro atoms. The van der Waals surface area contributed by atoms with Crippen LogP contribution in [0.5, 0.6) is 0 Å². The number of anilines is 1. The molecule has 0 bridgehead atoms. The fourth-order valence-corrected chi connectivity index (χ4v) is 3.58. The number of nitrogen functional groups attached to an aromatic ring is 1. The first kappa shape index (κ1) is 15.1. The van der Waals surface area contributed by atoms with Gasteiger partial charge in [0, 0.05) is 18.6 Å². The lowest BCUT2D eigenvalue weighted by atomic mass is 10.0. The molecule has 1 aliphatic rings. The third-order valence-corrected chi connectivity index (χ3v) is 4.98. The molecule has 0 aliphatic heterocycles. The molecule has 7 nitrogen and oxygen atoms in total. The highest BCUT2D eigenvalue weighted by atomic mass is 32.1.